The van der Waals surface area contributed by atoms with Gasteiger partial charge in [0.2, 0.25) is 5.91 Å². The molecule has 1 aliphatic carbocycles. The molecule has 2 heterocycles. The Balaban J connectivity index is 1.91. The Morgan fingerprint density at radius 1 is 1.03 bits per heavy atom. The van der Waals surface area contributed by atoms with Crippen molar-refractivity contribution in [3.05, 3.63) is 82.8 Å². The van der Waals surface area contributed by atoms with Crippen molar-refractivity contribution in [2.24, 2.45) is 11.1 Å². The molecule has 1 spiro atoms. The van der Waals surface area contributed by atoms with E-state index in [0.717, 1.165) is 5.69 Å². The minimum absolute atomic E-state index is 0.0885. The third kappa shape index (κ3) is 2.43. The third-order valence-corrected chi connectivity index (χ3v) is 6.42. The van der Waals surface area contributed by atoms with Gasteiger partial charge in [-0.25, -0.2) is 0 Å². The highest BCUT2D eigenvalue weighted by Gasteiger charge is 2.61. The fraction of sp³-hybridized carbons (Fsp3) is 0.240. The molecular formula is C25H22N4O2. The fourth-order valence-electron chi connectivity index (χ4n) is 5.25. The molecule has 2 aromatic rings. The molecule has 6 nitrogen and oxygen atoms in total. The Morgan fingerprint density at radius 3 is 2.42 bits per heavy atom. The number of hydrogen-bond acceptors (Lipinski definition) is 5. The number of benzene rings is 2. The lowest BCUT2D eigenvalue weighted by atomic mass is 9.61. The standard InChI is InChI=1S/C25H22N4O2/c1-24(2)12-19-21(20(30)13-24)25(16-10-6-7-11-18(16)28-23(25)31)17(14-26)22(27)29(19)15-8-4-3-5-9-15/h3-11H,12-13,27H2,1-2H3,(H,28,31)/t25-/m1/s1. The van der Waals surface area contributed by atoms with Crippen molar-refractivity contribution in [3.63, 3.8) is 0 Å². The van der Waals surface area contributed by atoms with Gasteiger partial charge in [-0.05, 0) is 30.0 Å². The highest BCUT2D eigenvalue weighted by Crippen LogP contribution is 2.56. The van der Waals surface area contributed by atoms with Crippen LogP contribution in [0, 0.1) is 16.7 Å². The molecule has 0 aromatic heterocycles. The Bertz CT molecular complexity index is 1250. The number of anilines is 2. The summed E-state index contributed by atoms with van der Waals surface area (Å²) in [5, 5.41) is 13.1. The first-order valence-corrected chi connectivity index (χ1v) is 10.2. The number of Topliss-reactive ketones (excluding diaryl/α,β-unsaturated/α-hetero) is 1. The second kappa shape index (κ2) is 6.32. The molecule has 0 saturated heterocycles. The van der Waals surface area contributed by atoms with Crippen molar-refractivity contribution < 1.29 is 9.59 Å². The molecule has 2 aromatic carbocycles. The van der Waals surface area contributed by atoms with Gasteiger partial charge in [0.15, 0.2) is 5.78 Å². The highest BCUT2D eigenvalue weighted by atomic mass is 16.2. The normalized spacial score (nSPS) is 24.1. The molecule has 3 aliphatic rings. The van der Waals surface area contributed by atoms with Crippen molar-refractivity contribution >= 4 is 23.1 Å². The molecular weight excluding hydrogens is 388 g/mol. The van der Waals surface area contributed by atoms with Crippen LogP contribution in [0.15, 0.2) is 77.3 Å². The molecule has 0 fully saturated rings. The quantitative estimate of drug-likeness (QED) is 0.746. The van der Waals surface area contributed by atoms with E-state index in [0.29, 0.717) is 35.4 Å². The number of hydrogen-bond donors (Lipinski definition) is 2. The van der Waals surface area contributed by atoms with E-state index in [1.54, 1.807) is 17.0 Å². The van der Waals surface area contributed by atoms with Gasteiger partial charge in [-0.15, -0.1) is 0 Å². The Labute approximate surface area is 180 Å². The number of nitrogens with zero attached hydrogens (tertiary/aromatic N) is 2. The summed E-state index contributed by atoms with van der Waals surface area (Å²) in [6.45, 7) is 4.07. The zero-order chi connectivity index (χ0) is 22.0. The van der Waals surface area contributed by atoms with E-state index in [4.69, 9.17) is 5.73 Å². The minimum Gasteiger partial charge on any atom is -0.384 e. The van der Waals surface area contributed by atoms with Crippen LogP contribution < -0.4 is 16.0 Å². The van der Waals surface area contributed by atoms with Gasteiger partial charge in [0.25, 0.3) is 0 Å². The molecule has 5 rings (SSSR count). The van der Waals surface area contributed by atoms with E-state index < -0.39 is 11.3 Å². The van der Waals surface area contributed by atoms with Crippen LogP contribution in [-0.2, 0) is 15.0 Å². The van der Waals surface area contributed by atoms with Crippen LogP contribution in [-0.4, -0.2) is 11.7 Å². The Kier molecular flexibility index (Phi) is 3.90. The number of para-hydroxylation sites is 2. The SMILES string of the molecule is CC1(C)CC(=O)C2=C(C1)N(c1ccccc1)C(N)=C(C#N)[C@@]21C(=O)Nc2ccccc21. The smallest absolute Gasteiger partial charge is 0.245 e. The summed E-state index contributed by atoms with van der Waals surface area (Å²) >= 11 is 0. The van der Waals surface area contributed by atoms with Gasteiger partial charge in [0.05, 0.1) is 5.57 Å². The van der Waals surface area contributed by atoms with E-state index in [2.05, 4.69) is 11.4 Å². The van der Waals surface area contributed by atoms with E-state index in [1.165, 1.54) is 0 Å². The first-order chi connectivity index (χ1) is 14.8. The maximum atomic E-state index is 13.7. The van der Waals surface area contributed by atoms with E-state index in [1.807, 2.05) is 56.3 Å². The maximum absolute atomic E-state index is 13.7. The average molecular weight is 410 g/mol. The van der Waals surface area contributed by atoms with Crippen molar-refractivity contribution in [2.75, 3.05) is 10.2 Å². The molecule has 2 aliphatic heterocycles. The molecule has 1 atom stereocenters. The van der Waals surface area contributed by atoms with Gasteiger partial charge >= 0.3 is 0 Å². The maximum Gasteiger partial charge on any atom is 0.245 e. The van der Waals surface area contributed by atoms with Crippen molar-refractivity contribution in [1.82, 2.24) is 0 Å². The molecule has 1 amide bonds. The second-order valence-electron chi connectivity index (χ2n) is 9.06. The van der Waals surface area contributed by atoms with Crippen molar-refractivity contribution in [3.8, 4) is 6.07 Å². The predicted molar refractivity (Wildman–Crippen MR) is 118 cm³/mol. The van der Waals surface area contributed by atoms with Gasteiger partial charge in [-0.3, -0.25) is 14.5 Å². The number of ketones is 1. The van der Waals surface area contributed by atoms with Crippen LogP contribution in [0.5, 0.6) is 0 Å². The topological polar surface area (TPSA) is 99.2 Å². The molecule has 0 radical (unpaired) electrons. The summed E-state index contributed by atoms with van der Waals surface area (Å²) in [5.41, 5.74) is 7.92. The van der Waals surface area contributed by atoms with Crippen LogP contribution in [0.1, 0.15) is 32.3 Å². The second-order valence-corrected chi connectivity index (χ2v) is 9.06. The summed E-state index contributed by atoms with van der Waals surface area (Å²) in [6, 6.07) is 18.8. The van der Waals surface area contributed by atoms with E-state index in [-0.39, 0.29) is 22.6 Å². The third-order valence-electron chi connectivity index (χ3n) is 6.42. The van der Waals surface area contributed by atoms with Gasteiger partial charge in [-0.2, -0.15) is 5.26 Å². The molecule has 0 bridgehead atoms. The average Bonchev–Trinajstić information content (AvgIpc) is 3.00. The summed E-state index contributed by atoms with van der Waals surface area (Å²) in [5.74, 6) is -0.342. The first-order valence-electron chi connectivity index (χ1n) is 10.2. The van der Waals surface area contributed by atoms with Crippen LogP contribution in [0.25, 0.3) is 0 Å². The number of allylic oxidation sites excluding steroid dienone is 1. The number of amides is 1. The largest absolute Gasteiger partial charge is 0.384 e. The van der Waals surface area contributed by atoms with Crippen molar-refractivity contribution in [2.45, 2.75) is 32.1 Å². The number of fused-ring (bicyclic) bond motifs is 3. The Morgan fingerprint density at radius 2 is 1.71 bits per heavy atom. The summed E-state index contributed by atoms with van der Waals surface area (Å²) in [6.07, 6.45) is 0.851. The number of nitriles is 1. The predicted octanol–water partition coefficient (Wildman–Crippen LogP) is 3.73. The molecule has 3 N–H and O–H groups in total. The van der Waals surface area contributed by atoms with Crippen LogP contribution >= 0.6 is 0 Å². The lowest BCUT2D eigenvalue weighted by molar-refractivity contribution is -0.123. The molecule has 0 saturated carbocycles. The highest BCUT2D eigenvalue weighted by molar-refractivity contribution is 6.20. The van der Waals surface area contributed by atoms with E-state index >= 15 is 0 Å². The van der Waals surface area contributed by atoms with E-state index in [9.17, 15) is 14.9 Å². The van der Waals surface area contributed by atoms with Crippen LogP contribution in [0.2, 0.25) is 0 Å². The number of carbonyl (C=O) groups excluding carboxylic acids is 2. The zero-order valence-electron chi connectivity index (χ0n) is 17.4. The van der Waals surface area contributed by atoms with Gasteiger partial charge in [0, 0.05) is 34.6 Å². The summed E-state index contributed by atoms with van der Waals surface area (Å²) in [4.78, 5) is 29.0. The molecule has 154 valence electrons. The monoisotopic (exact) mass is 410 g/mol. The summed E-state index contributed by atoms with van der Waals surface area (Å²) in [7, 11) is 0. The minimum atomic E-state index is -1.52. The number of rotatable bonds is 1. The fourth-order valence-corrected chi connectivity index (χ4v) is 5.25. The lowest BCUT2D eigenvalue weighted by Crippen LogP contribution is -2.52. The molecule has 6 heteroatoms. The van der Waals surface area contributed by atoms with Gasteiger partial charge in [0.1, 0.15) is 17.3 Å². The van der Waals surface area contributed by atoms with Gasteiger partial charge < -0.3 is 11.1 Å². The van der Waals surface area contributed by atoms with Crippen molar-refractivity contribution in [1.29, 1.82) is 5.26 Å². The lowest BCUT2D eigenvalue weighted by Gasteiger charge is -2.46. The molecule has 31 heavy (non-hydrogen) atoms. The number of nitrogens with one attached hydrogen (secondary N) is 1. The van der Waals surface area contributed by atoms with Crippen LogP contribution in [0.4, 0.5) is 11.4 Å². The number of nitrogens with two attached hydrogens (primary N) is 1. The molecule has 0 unspecified atom stereocenters. The summed E-state index contributed by atoms with van der Waals surface area (Å²) < 4.78 is 0. The zero-order valence-corrected chi connectivity index (χ0v) is 17.4. The first kappa shape index (κ1) is 19.1. The van der Waals surface area contributed by atoms with Gasteiger partial charge in [-0.1, -0.05) is 50.2 Å². The van der Waals surface area contributed by atoms with Crippen LogP contribution in [0.3, 0.4) is 0 Å². The number of carbonyl (C=O) groups is 2. The Hall–Kier alpha value is -3.85.